The number of aromatic nitrogens is 5. The van der Waals surface area contributed by atoms with Gasteiger partial charge in [-0.1, -0.05) is 12.1 Å². The Bertz CT molecular complexity index is 1250. The molecule has 0 atom stereocenters. The minimum absolute atomic E-state index is 0.0725. The number of hydrogen-bond donors (Lipinski definition) is 1. The molecule has 0 aliphatic rings. The van der Waals surface area contributed by atoms with Crippen LogP contribution in [0.3, 0.4) is 0 Å². The zero-order valence-electron chi connectivity index (χ0n) is 14.5. The van der Waals surface area contributed by atoms with E-state index >= 15 is 0 Å². The summed E-state index contributed by atoms with van der Waals surface area (Å²) in [6.07, 6.45) is 1.42. The number of nitrogens with zero attached hydrogens (tertiary/aromatic N) is 5. The number of alkyl halides is 2. The molecule has 3 aromatic heterocycles. The van der Waals surface area contributed by atoms with E-state index in [1.165, 1.54) is 24.4 Å². The second-order valence-electron chi connectivity index (χ2n) is 5.96. The summed E-state index contributed by atoms with van der Waals surface area (Å²) in [6, 6.07) is 9.08. The lowest BCUT2D eigenvalue weighted by Gasteiger charge is -2.10. The Labute approximate surface area is 158 Å². The van der Waals surface area contributed by atoms with Crippen molar-refractivity contribution >= 4 is 26.6 Å². The maximum Gasteiger partial charge on any atom is 0.282 e. The number of sulfonamides is 1. The van der Waals surface area contributed by atoms with Crippen molar-refractivity contribution in [1.29, 1.82) is 0 Å². The van der Waals surface area contributed by atoms with Gasteiger partial charge < -0.3 is 0 Å². The number of pyridine rings is 1. The lowest BCUT2D eigenvalue weighted by atomic mass is 10.2. The number of nitrogens with one attached hydrogen (secondary N) is 1. The van der Waals surface area contributed by atoms with Crippen molar-refractivity contribution in [3.8, 4) is 5.82 Å². The molecule has 0 amide bonds. The highest BCUT2D eigenvalue weighted by Crippen LogP contribution is 2.25. The van der Waals surface area contributed by atoms with Crippen molar-refractivity contribution in [1.82, 2.24) is 24.5 Å². The first-order valence-electron chi connectivity index (χ1n) is 8.09. The monoisotopic (exact) mass is 404 g/mol. The predicted molar refractivity (Wildman–Crippen MR) is 97.8 cm³/mol. The van der Waals surface area contributed by atoms with Crippen LogP contribution in [0.2, 0.25) is 0 Å². The van der Waals surface area contributed by atoms with E-state index in [9.17, 15) is 17.2 Å². The van der Waals surface area contributed by atoms with Crippen molar-refractivity contribution in [2.45, 2.75) is 11.3 Å². The van der Waals surface area contributed by atoms with Crippen LogP contribution >= 0.6 is 0 Å². The van der Waals surface area contributed by atoms with Crippen LogP contribution in [-0.4, -0.2) is 33.0 Å². The maximum atomic E-state index is 12.7. The summed E-state index contributed by atoms with van der Waals surface area (Å²) in [6.45, 7) is 0. The molecule has 0 fully saturated rings. The van der Waals surface area contributed by atoms with Crippen molar-refractivity contribution in [2.75, 3.05) is 4.72 Å². The fraction of sp³-hybridized carbons (Fsp3) is 0.118. The zero-order chi connectivity index (χ0) is 19.9. The normalized spacial score (nSPS) is 12.0. The van der Waals surface area contributed by atoms with Crippen LogP contribution in [0.4, 0.5) is 14.5 Å². The summed E-state index contributed by atoms with van der Waals surface area (Å²) >= 11 is 0. The molecular formula is C17H14F2N6O2S. The Morgan fingerprint density at radius 1 is 1.11 bits per heavy atom. The molecule has 0 radical (unpaired) electrons. The molecule has 0 aliphatic carbocycles. The lowest BCUT2D eigenvalue weighted by Crippen LogP contribution is -2.14. The van der Waals surface area contributed by atoms with Gasteiger partial charge in [0, 0.05) is 24.8 Å². The van der Waals surface area contributed by atoms with Crippen LogP contribution in [0.1, 0.15) is 12.1 Å². The Balaban J connectivity index is 1.63. The molecule has 8 nitrogen and oxygen atoms in total. The van der Waals surface area contributed by atoms with E-state index in [0.29, 0.717) is 11.2 Å². The van der Waals surface area contributed by atoms with Crippen molar-refractivity contribution in [3.05, 3.63) is 60.7 Å². The first-order chi connectivity index (χ1) is 13.3. The summed E-state index contributed by atoms with van der Waals surface area (Å²) in [5.41, 5.74) is 0.645. The molecule has 1 N–H and O–H groups in total. The Morgan fingerprint density at radius 2 is 1.93 bits per heavy atom. The van der Waals surface area contributed by atoms with Crippen LogP contribution in [-0.2, 0) is 17.1 Å². The van der Waals surface area contributed by atoms with Gasteiger partial charge in [0.2, 0.25) is 0 Å². The number of fused-ring (bicyclic) bond motifs is 1. The number of rotatable bonds is 5. The van der Waals surface area contributed by atoms with Crippen molar-refractivity contribution in [3.63, 3.8) is 0 Å². The molecule has 144 valence electrons. The lowest BCUT2D eigenvalue weighted by molar-refractivity contribution is 0.145. The Kier molecular flexibility index (Phi) is 4.30. The largest absolute Gasteiger partial charge is 0.282 e. The quantitative estimate of drug-likeness (QED) is 0.552. The standard InChI is InChI=1S/C17H14F2N6O2S/c1-24-16-11(9-21-24)3-2-4-13(16)23-28(26,27)12-5-6-15(20-10-12)25-8-7-14(22-25)17(18)19/h2-10,17,23H,1H3. The van der Waals surface area contributed by atoms with Crippen LogP contribution in [0, 0.1) is 0 Å². The first kappa shape index (κ1) is 18.0. The number of para-hydroxylation sites is 1. The van der Waals surface area contributed by atoms with Gasteiger partial charge in [-0.05, 0) is 24.3 Å². The van der Waals surface area contributed by atoms with Gasteiger partial charge in [-0.25, -0.2) is 26.9 Å². The SMILES string of the molecule is Cn1ncc2cccc(NS(=O)(=O)c3ccc(-n4ccc(C(F)F)n4)nc3)c21. The van der Waals surface area contributed by atoms with E-state index < -0.39 is 16.4 Å². The maximum absolute atomic E-state index is 12.7. The summed E-state index contributed by atoms with van der Waals surface area (Å²) in [5.74, 6) is 0.222. The van der Waals surface area contributed by atoms with Gasteiger partial charge in [-0.15, -0.1) is 0 Å². The molecule has 0 aliphatic heterocycles. The Morgan fingerprint density at radius 3 is 2.61 bits per heavy atom. The molecule has 3 heterocycles. The second-order valence-corrected chi connectivity index (χ2v) is 7.64. The number of halogens is 2. The van der Waals surface area contributed by atoms with Crippen LogP contribution in [0.25, 0.3) is 16.7 Å². The summed E-state index contributed by atoms with van der Waals surface area (Å²) in [7, 11) is -2.19. The van der Waals surface area contributed by atoms with E-state index in [1.807, 2.05) is 6.07 Å². The number of benzene rings is 1. The van der Waals surface area contributed by atoms with E-state index in [2.05, 4.69) is 19.9 Å². The zero-order valence-corrected chi connectivity index (χ0v) is 15.3. The van der Waals surface area contributed by atoms with Gasteiger partial charge in [-0.3, -0.25) is 9.40 Å². The van der Waals surface area contributed by atoms with Gasteiger partial charge in [0.25, 0.3) is 16.4 Å². The highest BCUT2D eigenvalue weighted by Gasteiger charge is 2.18. The average molecular weight is 404 g/mol. The average Bonchev–Trinajstić information content (AvgIpc) is 3.30. The molecule has 0 spiro atoms. The minimum Gasteiger partial charge on any atom is -0.277 e. The minimum atomic E-state index is -3.91. The van der Waals surface area contributed by atoms with Gasteiger partial charge >= 0.3 is 0 Å². The molecule has 4 aromatic rings. The van der Waals surface area contributed by atoms with E-state index in [1.54, 1.807) is 30.1 Å². The highest BCUT2D eigenvalue weighted by molar-refractivity contribution is 7.92. The van der Waals surface area contributed by atoms with Crippen molar-refractivity contribution in [2.24, 2.45) is 7.05 Å². The van der Waals surface area contributed by atoms with E-state index in [0.717, 1.165) is 16.3 Å². The third-order valence-electron chi connectivity index (χ3n) is 4.10. The molecular weight excluding hydrogens is 390 g/mol. The molecule has 0 saturated heterocycles. The predicted octanol–water partition coefficient (Wildman–Crippen LogP) is 2.89. The van der Waals surface area contributed by atoms with Gasteiger partial charge in [0.1, 0.15) is 10.6 Å². The fourth-order valence-corrected chi connectivity index (χ4v) is 3.78. The summed E-state index contributed by atoms with van der Waals surface area (Å²) in [4.78, 5) is 3.95. The second kappa shape index (κ2) is 6.68. The van der Waals surface area contributed by atoms with Gasteiger partial charge in [0.05, 0.1) is 17.4 Å². The molecule has 0 bridgehead atoms. The third kappa shape index (κ3) is 3.20. The number of aryl methyl sites for hydroxylation is 1. The third-order valence-corrected chi connectivity index (χ3v) is 5.45. The molecule has 0 unspecified atom stereocenters. The van der Waals surface area contributed by atoms with Crippen LogP contribution < -0.4 is 4.72 Å². The Hall–Kier alpha value is -3.34. The molecule has 0 saturated carbocycles. The molecule has 11 heteroatoms. The summed E-state index contributed by atoms with van der Waals surface area (Å²) < 4.78 is 56.0. The van der Waals surface area contributed by atoms with Crippen LogP contribution in [0.5, 0.6) is 0 Å². The van der Waals surface area contributed by atoms with E-state index in [-0.39, 0.29) is 16.4 Å². The highest BCUT2D eigenvalue weighted by atomic mass is 32.2. The smallest absolute Gasteiger partial charge is 0.277 e. The molecule has 28 heavy (non-hydrogen) atoms. The fourth-order valence-electron chi connectivity index (χ4n) is 2.77. The van der Waals surface area contributed by atoms with Crippen LogP contribution in [0.15, 0.2) is 59.9 Å². The molecule has 4 rings (SSSR count). The van der Waals surface area contributed by atoms with Gasteiger partial charge in [-0.2, -0.15) is 10.2 Å². The molecule has 1 aromatic carbocycles. The summed E-state index contributed by atoms with van der Waals surface area (Å²) in [5, 5.41) is 8.63. The topological polar surface area (TPSA) is 94.7 Å². The van der Waals surface area contributed by atoms with Gasteiger partial charge in [0.15, 0.2) is 5.82 Å². The first-order valence-corrected chi connectivity index (χ1v) is 9.57. The van der Waals surface area contributed by atoms with Crippen molar-refractivity contribution < 1.29 is 17.2 Å². The van der Waals surface area contributed by atoms with E-state index in [4.69, 9.17) is 0 Å². The number of anilines is 1. The number of hydrogen-bond acceptors (Lipinski definition) is 5.